The number of carbonyl (C=O) groups excluding carboxylic acids is 2. The minimum atomic E-state index is -0.231. The number of nitrogens with one attached hydrogen (secondary N) is 1. The van der Waals surface area contributed by atoms with Crippen molar-refractivity contribution in [3.05, 3.63) is 59.7 Å². The Morgan fingerprint density at radius 1 is 1.21 bits per heavy atom. The van der Waals surface area contributed by atoms with Gasteiger partial charge in [-0.3, -0.25) is 9.59 Å². The molecule has 1 atom stereocenters. The van der Waals surface area contributed by atoms with Gasteiger partial charge in [-0.1, -0.05) is 37.3 Å². The Kier molecular flexibility index (Phi) is 6.37. The lowest BCUT2D eigenvalue weighted by atomic mass is 10.0. The number of hydrogen-bond acceptors (Lipinski definition) is 4. The second-order valence-electron chi connectivity index (χ2n) is 5.43. The maximum absolute atomic E-state index is 11.9. The molecule has 24 heavy (non-hydrogen) atoms. The van der Waals surface area contributed by atoms with E-state index in [1.807, 2.05) is 37.3 Å². The lowest BCUT2D eigenvalue weighted by Gasteiger charge is -2.14. The summed E-state index contributed by atoms with van der Waals surface area (Å²) >= 11 is 0. The number of ether oxygens (including phenoxy) is 2. The Balaban J connectivity index is 1.84. The van der Waals surface area contributed by atoms with Crippen molar-refractivity contribution in [2.75, 3.05) is 20.3 Å². The third kappa shape index (κ3) is 4.84. The molecule has 0 bridgehead atoms. The molecule has 0 heterocycles. The van der Waals surface area contributed by atoms with Gasteiger partial charge in [0, 0.05) is 6.54 Å². The van der Waals surface area contributed by atoms with Crippen molar-refractivity contribution in [3.63, 3.8) is 0 Å². The second-order valence-corrected chi connectivity index (χ2v) is 5.43. The van der Waals surface area contributed by atoms with Crippen LogP contribution >= 0.6 is 0 Å². The first-order chi connectivity index (χ1) is 11.6. The van der Waals surface area contributed by atoms with E-state index in [2.05, 4.69) is 5.32 Å². The molecule has 5 heteroatoms. The maximum atomic E-state index is 11.9. The summed E-state index contributed by atoms with van der Waals surface area (Å²) in [6.07, 6.45) is 0.674. The first-order valence-electron chi connectivity index (χ1n) is 7.71. The van der Waals surface area contributed by atoms with Crippen LogP contribution in [-0.4, -0.2) is 32.5 Å². The molecule has 0 fully saturated rings. The van der Waals surface area contributed by atoms with E-state index < -0.39 is 0 Å². The Morgan fingerprint density at radius 2 is 1.96 bits per heavy atom. The number of amides is 1. The van der Waals surface area contributed by atoms with Crippen LogP contribution < -0.4 is 14.8 Å². The molecule has 0 saturated carbocycles. The summed E-state index contributed by atoms with van der Waals surface area (Å²) in [6, 6.07) is 14.8. The molecule has 1 N–H and O–H groups in total. The Bertz CT molecular complexity index is 685. The summed E-state index contributed by atoms with van der Waals surface area (Å²) in [5.74, 6) is 0.898. The monoisotopic (exact) mass is 327 g/mol. The third-order valence-electron chi connectivity index (χ3n) is 3.68. The lowest BCUT2D eigenvalue weighted by molar-refractivity contribution is -0.123. The van der Waals surface area contributed by atoms with Crippen molar-refractivity contribution in [2.45, 2.75) is 12.8 Å². The Labute approximate surface area is 141 Å². The quantitative estimate of drug-likeness (QED) is 0.757. The highest BCUT2D eigenvalue weighted by Gasteiger charge is 2.10. The molecule has 0 aliphatic rings. The lowest BCUT2D eigenvalue weighted by Crippen LogP contribution is -2.32. The zero-order valence-corrected chi connectivity index (χ0v) is 13.8. The van der Waals surface area contributed by atoms with Crippen LogP contribution in [0.5, 0.6) is 11.5 Å². The number of hydrogen-bond donors (Lipinski definition) is 1. The predicted octanol–water partition coefficient (Wildman–Crippen LogP) is 2.81. The van der Waals surface area contributed by atoms with Crippen LogP contribution in [0.1, 0.15) is 28.8 Å². The fourth-order valence-electron chi connectivity index (χ4n) is 2.24. The van der Waals surface area contributed by atoms with E-state index >= 15 is 0 Å². The summed E-state index contributed by atoms with van der Waals surface area (Å²) in [7, 11) is 1.52. The van der Waals surface area contributed by atoms with Gasteiger partial charge in [-0.15, -0.1) is 0 Å². The topological polar surface area (TPSA) is 64.6 Å². The number of benzene rings is 2. The van der Waals surface area contributed by atoms with E-state index in [0.29, 0.717) is 29.9 Å². The molecule has 0 radical (unpaired) electrons. The van der Waals surface area contributed by atoms with E-state index in [0.717, 1.165) is 5.56 Å². The van der Waals surface area contributed by atoms with Crippen LogP contribution in [0.3, 0.4) is 0 Å². The first-order valence-corrected chi connectivity index (χ1v) is 7.71. The van der Waals surface area contributed by atoms with Crippen LogP contribution in [0.25, 0.3) is 0 Å². The number of carbonyl (C=O) groups is 2. The molecule has 0 aliphatic carbocycles. The molecule has 2 aromatic rings. The highest BCUT2D eigenvalue weighted by Crippen LogP contribution is 2.22. The van der Waals surface area contributed by atoms with Gasteiger partial charge in [0.2, 0.25) is 0 Å². The Hall–Kier alpha value is -2.82. The van der Waals surface area contributed by atoms with Gasteiger partial charge in [0.05, 0.1) is 12.7 Å². The molecule has 1 amide bonds. The van der Waals surface area contributed by atoms with Gasteiger partial charge >= 0.3 is 0 Å². The van der Waals surface area contributed by atoms with E-state index in [-0.39, 0.29) is 18.4 Å². The molecular formula is C19H21NO4. The molecular weight excluding hydrogens is 306 g/mol. The average molecular weight is 327 g/mol. The van der Waals surface area contributed by atoms with Gasteiger partial charge in [-0.2, -0.15) is 0 Å². The molecule has 126 valence electrons. The van der Waals surface area contributed by atoms with E-state index in [1.165, 1.54) is 7.11 Å². The standard InChI is InChI=1S/C19H21NO4/c1-14(15-6-4-3-5-7-15)11-20-19(22)13-24-18-9-8-17(23-2)10-16(18)12-21/h3-10,12,14H,11,13H2,1-2H3,(H,20,22)/t14-/m1/s1. The zero-order valence-electron chi connectivity index (χ0n) is 13.8. The largest absolute Gasteiger partial charge is 0.497 e. The first kappa shape index (κ1) is 17.5. The average Bonchev–Trinajstić information content (AvgIpc) is 2.64. The van der Waals surface area contributed by atoms with Crippen LogP contribution in [0.2, 0.25) is 0 Å². The number of aldehydes is 1. The molecule has 0 aliphatic heterocycles. The van der Waals surface area contributed by atoms with Crippen LogP contribution in [0, 0.1) is 0 Å². The highest BCUT2D eigenvalue weighted by molar-refractivity contribution is 5.81. The zero-order chi connectivity index (χ0) is 17.4. The normalized spacial score (nSPS) is 11.4. The second kappa shape index (κ2) is 8.72. The molecule has 0 spiro atoms. The van der Waals surface area contributed by atoms with Crippen LogP contribution in [0.15, 0.2) is 48.5 Å². The van der Waals surface area contributed by atoms with E-state index in [4.69, 9.17) is 9.47 Å². The molecule has 0 saturated heterocycles. The molecule has 5 nitrogen and oxygen atoms in total. The number of rotatable bonds is 8. The van der Waals surface area contributed by atoms with Gasteiger partial charge < -0.3 is 14.8 Å². The summed E-state index contributed by atoms with van der Waals surface area (Å²) in [5, 5.41) is 2.83. The SMILES string of the molecule is COc1ccc(OCC(=O)NC[C@@H](C)c2ccccc2)c(C=O)c1. The van der Waals surface area contributed by atoms with Gasteiger partial charge in [-0.25, -0.2) is 0 Å². The van der Waals surface area contributed by atoms with Gasteiger partial charge in [0.25, 0.3) is 5.91 Å². The molecule has 2 aromatic carbocycles. The van der Waals surface area contributed by atoms with Crippen molar-refractivity contribution in [1.82, 2.24) is 5.32 Å². The summed E-state index contributed by atoms with van der Waals surface area (Å²) in [5.41, 5.74) is 1.51. The summed E-state index contributed by atoms with van der Waals surface area (Å²) in [4.78, 5) is 23.0. The smallest absolute Gasteiger partial charge is 0.257 e. The van der Waals surface area contributed by atoms with Crippen molar-refractivity contribution < 1.29 is 19.1 Å². The minimum Gasteiger partial charge on any atom is -0.497 e. The summed E-state index contributed by atoms with van der Waals surface area (Å²) < 4.78 is 10.5. The van der Waals surface area contributed by atoms with Crippen molar-refractivity contribution in [1.29, 1.82) is 0 Å². The Morgan fingerprint density at radius 3 is 2.62 bits per heavy atom. The van der Waals surface area contributed by atoms with Gasteiger partial charge in [0.15, 0.2) is 12.9 Å². The fraction of sp³-hybridized carbons (Fsp3) is 0.263. The van der Waals surface area contributed by atoms with E-state index in [1.54, 1.807) is 18.2 Å². The summed E-state index contributed by atoms with van der Waals surface area (Å²) in [6.45, 7) is 2.43. The van der Waals surface area contributed by atoms with E-state index in [9.17, 15) is 9.59 Å². The molecule has 0 unspecified atom stereocenters. The van der Waals surface area contributed by atoms with Crippen LogP contribution in [0.4, 0.5) is 0 Å². The van der Waals surface area contributed by atoms with Gasteiger partial charge in [-0.05, 0) is 29.7 Å². The molecule has 0 aromatic heterocycles. The molecule has 2 rings (SSSR count). The van der Waals surface area contributed by atoms with Gasteiger partial charge in [0.1, 0.15) is 11.5 Å². The van der Waals surface area contributed by atoms with Crippen molar-refractivity contribution in [2.24, 2.45) is 0 Å². The highest BCUT2D eigenvalue weighted by atomic mass is 16.5. The third-order valence-corrected chi connectivity index (χ3v) is 3.68. The van der Waals surface area contributed by atoms with Crippen molar-refractivity contribution in [3.8, 4) is 11.5 Å². The minimum absolute atomic E-state index is 0.144. The predicted molar refractivity (Wildman–Crippen MR) is 91.7 cm³/mol. The van der Waals surface area contributed by atoms with Crippen LogP contribution in [-0.2, 0) is 4.79 Å². The maximum Gasteiger partial charge on any atom is 0.257 e. The fourth-order valence-corrected chi connectivity index (χ4v) is 2.24. The number of methoxy groups -OCH3 is 1. The van der Waals surface area contributed by atoms with Crippen molar-refractivity contribution >= 4 is 12.2 Å².